The van der Waals surface area contributed by atoms with Crippen molar-refractivity contribution in [1.29, 1.82) is 0 Å². The summed E-state index contributed by atoms with van der Waals surface area (Å²) >= 11 is 2.86. The molecular formula is C6H3BrNO5S-. The van der Waals surface area contributed by atoms with Crippen molar-refractivity contribution in [3.63, 3.8) is 0 Å². The summed E-state index contributed by atoms with van der Waals surface area (Å²) in [7, 11) is -4.65. The molecule has 0 fully saturated rings. The molecule has 0 N–H and O–H groups in total. The van der Waals surface area contributed by atoms with Gasteiger partial charge in [0.25, 0.3) is 5.69 Å². The smallest absolute Gasteiger partial charge is 0.284 e. The van der Waals surface area contributed by atoms with Crippen molar-refractivity contribution in [3.8, 4) is 0 Å². The minimum Gasteiger partial charge on any atom is -0.744 e. The molecule has 14 heavy (non-hydrogen) atoms. The van der Waals surface area contributed by atoms with E-state index in [2.05, 4.69) is 15.9 Å². The van der Waals surface area contributed by atoms with Crippen LogP contribution in [0.5, 0.6) is 0 Å². The molecule has 1 aromatic carbocycles. The van der Waals surface area contributed by atoms with Crippen molar-refractivity contribution in [2.75, 3.05) is 0 Å². The summed E-state index contributed by atoms with van der Waals surface area (Å²) in [5.74, 6) is 0. The van der Waals surface area contributed by atoms with E-state index in [0.29, 0.717) is 6.07 Å². The van der Waals surface area contributed by atoms with Crippen molar-refractivity contribution in [2.24, 2.45) is 0 Å². The number of hydrogen-bond donors (Lipinski definition) is 0. The molecule has 6 nitrogen and oxygen atoms in total. The summed E-state index contributed by atoms with van der Waals surface area (Å²) in [6.07, 6.45) is 0. The molecular weight excluding hydrogens is 278 g/mol. The third kappa shape index (κ3) is 2.28. The van der Waals surface area contributed by atoms with Gasteiger partial charge in [0.1, 0.15) is 10.1 Å². The standard InChI is InChI=1S/C6H4BrNO5S/c7-5-2-1-4(14(11,12)13)3-6(5)8(9)10/h1-3H,(H,11,12,13)/p-1. The Labute approximate surface area is 87.6 Å². The van der Waals surface area contributed by atoms with Crippen LogP contribution in [0.15, 0.2) is 27.6 Å². The molecule has 0 unspecified atom stereocenters. The maximum absolute atomic E-state index is 10.5. The lowest BCUT2D eigenvalue weighted by molar-refractivity contribution is -0.385. The van der Waals surface area contributed by atoms with Crippen LogP contribution < -0.4 is 0 Å². The number of benzene rings is 1. The second-order valence-corrected chi connectivity index (χ2v) is 4.56. The highest BCUT2D eigenvalue weighted by Crippen LogP contribution is 2.27. The Bertz CT molecular complexity index is 483. The van der Waals surface area contributed by atoms with Gasteiger partial charge in [0.15, 0.2) is 0 Å². The summed E-state index contributed by atoms with van der Waals surface area (Å²) in [5, 5.41) is 10.4. The van der Waals surface area contributed by atoms with Crippen molar-refractivity contribution in [1.82, 2.24) is 0 Å². The largest absolute Gasteiger partial charge is 0.744 e. The van der Waals surface area contributed by atoms with E-state index in [0.717, 1.165) is 12.1 Å². The van der Waals surface area contributed by atoms with E-state index in [9.17, 15) is 23.1 Å². The quantitative estimate of drug-likeness (QED) is 0.461. The minimum atomic E-state index is -4.65. The zero-order valence-corrected chi connectivity index (χ0v) is 8.91. The molecule has 0 saturated heterocycles. The summed E-state index contributed by atoms with van der Waals surface area (Å²) in [6.45, 7) is 0. The van der Waals surface area contributed by atoms with Crippen LogP contribution in [0, 0.1) is 10.1 Å². The Kier molecular flexibility index (Phi) is 2.88. The number of hydrogen-bond acceptors (Lipinski definition) is 5. The first kappa shape index (κ1) is 11.1. The predicted octanol–water partition coefficient (Wildman–Crippen LogP) is 1.26. The molecule has 0 aliphatic carbocycles. The third-order valence-electron chi connectivity index (χ3n) is 1.40. The average Bonchev–Trinajstić information content (AvgIpc) is 2.02. The first-order valence-electron chi connectivity index (χ1n) is 3.22. The van der Waals surface area contributed by atoms with Crippen LogP contribution in [0.25, 0.3) is 0 Å². The molecule has 0 aliphatic rings. The zero-order chi connectivity index (χ0) is 10.9. The number of nitrogens with zero attached hydrogens (tertiary/aromatic N) is 1. The molecule has 0 heterocycles. The molecule has 0 bridgehead atoms. The Morgan fingerprint density at radius 2 is 1.93 bits per heavy atom. The Morgan fingerprint density at radius 1 is 1.36 bits per heavy atom. The maximum atomic E-state index is 10.5. The fourth-order valence-corrected chi connectivity index (χ4v) is 1.67. The van der Waals surface area contributed by atoms with E-state index in [-0.39, 0.29) is 4.47 Å². The van der Waals surface area contributed by atoms with Crippen LogP contribution in [0.2, 0.25) is 0 Å². The number of halogens is 1. The molecule has 8 heteroatoms. The normalized spacial score (nSPS) is 11.3. The summed E-state index contributed by atoms with van der Waals surface area (Å²) < 4.78 is 31.7. The van der Waals surface area contributed by atoms with Crippen LogP contribution in [-0.2, 0) is 10.1 Å². The summed E-state index contributed by atoms with van der Waals surface area (Å²) in [5.41, 5.74) is -0.457. The lowest BCUT2D eigenvalue weighted by atomic mass is 10.3. The van der Waals surface area contributed by atoms with Gasteiger partial charge in [-0.1, -0.05) is 0 Å². The molecule has 0 saturated carbocycles. The first-order valence-corrected chi connectivity index (χ1v) is 5.42. The van der Waals surface area contributed by atoms with Crippen LogP contribution in [0.4, 0.5) is 5.69 Å². The van der Waals surface area contributed by atoms with Crippen molar-refractivity contribution in [3.05, 3.63) is 32.8 Å². The van der Waals surface area contributed by atoms with Gasteiger partial charge in [-0.2, -0.15) is 0 Å². The summed E-state index contributed by atoms with van der Waals surface area (Å²) in [6, 6.07) is 2.86. The summed E-state index contributed by atoms with van der Waals surface area (Å²) in [4.78, 5) is 8.98. The van der Waals surface area contributed by atoms with E-state index in [1.165, 1.54) is 0 Å². The molecule has 0 aromatic heterocycles. The Balaban J connectivity index is 3.42. The van der Waals surface area contributed by atoms with E-state index in [1.807, 2.05) is 0 Å². The van der Waals surface area contributed by atoms with Crippen molar-refractivity contribution in [2.45, 2.75) is 4.90 Å². The number of nitro groups is 1. The minimum absolute atomic E-state index is 0.120. The topological polar surface area (TPSA) is 100 Å². The van der Waals surface area contributed by atoms with Crippen LogP contribution in [0.3, 0.4) is 0 Å². The van der Waals surface area contributed by atoms with Gasteiger partial charge in [0, 0.05) is 6.07 Å². The highest BCUT2D eigenvalue weighted by atomic mass is 79.9. The van der Waals surface area contributed by atoms with Gasteiger partial charge in [-0.05, 0) is 28.1 Å². The second-order valence-electron chi connectivity index (χ2n) is 2.32. The average molecular weight is 281 g/mol. The third-order valence-corrected chi connectivity index (χ3v) is 2.90. The predicted molar refractivity (Wildman–Crippen MR) is 48.8 cm³/mol. The second kappa shape index (κ2) is 3.64. The fraction of sp³-hybridized carbons (Fsp3) is 0. The number of rotatable bonds is 2. The van der Waals surface area contributed by atoms with Crippen LogP contribution in [0.1, 0.15) is 0 Å². The highest BCUT2D eigenvalue weighted by Gasteiger charge is 2.14. The number of nitro benzene ring substituents is 1. The van der Waals surface area contributed by atoms with Gasteiger partial charge in [0.05, 0.1) is 14.3 Å². The monoisotopic (exact) mass is 280 g/mol. The SMILES string of the molecule is O=[N+]([O-])c1cc(S(=O)(=O)[O-])ccc1Br. The van der Waals surface area contributed by atoms with E-state index >= 15 is 0 Å². The van der Waals surface area contributed by atoms with Crippen molar-refractivity contribution < 1.29 is 17.9 Å². The first-order chi connectivity index (χ1) is 6.32. The van der Waals surface area contributed by atoms with Gasteiger partial charge in [-0.15, -0.1) is 0 Å². The molecule has 1 rings (SSSR count). The Morgan fingerprint density at radius 3 is 2.36 bits per heavy atom. The van der Waals surface area contributed by atoms with Crippen LogP contribution in [-0.4, -0.2) is 17.9 Å². The van der Waals surface area contributed by atoms with Gasteiger partial charge < -0.3 is 4.55 Å². The van der Waals surface area contributed by atoms with E-state index in [1.54, 1.807) is 0 Å². The lowest BCUT2D eigenvalue weighted by Crippen LogP contribution is -2.00. The molecule has 0 atom stereocenters. The molecule has 0 spiro atoms. The zero-order valence-electron chi connectivity index (χ0n) is 6.51. The maximum Gasteiger partial charge on any atom is 0.284 e. The van der Waals surface area contributed by atoms with E-state index in [4.69, 9.17) is 0 Å². The van der Waals surface area contributed by atoms with Gasteiger partial charge in [-0.25, -0.2) is 8.42 Å². The fourth-order valence-electron chi connectivity index (χ4n) is 0.788. The van der Waals surface area contributed by atoms with Crippen LogP contribution >= 0.6 is 15.9 Å². The van der Waals surface area contributed by atoms with E-state index < -0.39 is 25.6 Å². The molecule has 0 aliphatic heterocycles. The highest BCUT2D eigenvalue weighted by molar-refractivity contribution is 9.10. The van der Waals surface area contributed by atoms with Crippen molar-refractivity contribution >= 4 is 31.7 Å². The Hall–Kier alpha value is -0.990. The molecule has 1 aromatic rings. The molecule has 76 valence electrons. The lowest BCUT2D eigenvalue weighted by Gasteiger charge is -2.06. The van der Waals surface area contributed by atoms with Gasteiger partial charge in [-0.3, -0.25) is 10.1 Å². The van der Waals surface area contributed by atoms with Gasteiger partial charge >= 0.3 is 0 Å². The van der Waals surface area contributed by atoms with Gasteiger partial charge in [0.2, 0.25) is 0 Å². The molecule has 0 radical (unpaired) electrons. The molecule has 0 amide bonds.